The highest BCUT2D eigenvalue weighted by Crippen LogP contribution is 2.17. The van der Waals surface area contributed by atoms with Crippen molar-refractivity contribution in [3.8, 4) is 0 Å². The van der Waals surface area contributed by atoms with Gasteiger partial charge in [0, 0.05) is 19.6 Å². The number of hydrogen-bond acceptors (Lipinski definition) is 3. The Morgan fingerprint density at radius 2 is 1.93 bits per heavy atom. The molecule has 15 heavy (non-hydrogen) atoms. The van der Waals surface area contributed by atoms with Crippen LogP contribution in [0.2, 0.25) is 0 Å². The average molecular weight is 216 g/mol. The van der Waals surface area contributed by atoms with E-state index in [1.54, 1.807) is 0 Å². The summed E-state index contributed by atoms with van der Waals surface area (Å²) in [5.41, 5.74) is 5.67. The molecule has 0 aliphatic heterocycles. The molecule has 3 N–H and O–H groups in total. The van der Waals surface area contributed by atoms with E-state index in [0.717, 1.165) is 32.5 Å². The smallest absolute Gasteiger partial charge is 0.139 e. The first-order valence-electron chi connectivity index (χ1n) is 5.50. The highest BCUT2D eigenvalue weighted by atomic mass is 16.5. The van der Waals surface area contributed by atoms with Crippen molar-refractivity contribution in [3.63, 3.8) is 0 Å². The molecule has 4 heteroatoms. The first-order chi connectivity index (χ1) is 6.95. The molecule has 0 aliphatic carbocycles. The second-order valence-corrected chi connectivity index (χ2v) is 4.97. The number of unbranched alkanes of at least 4 members (excludes halogenated alkanes) is 1. The third-order valence-corrected chi connectivity index (χ3v) is 2.10. The summed E-state index contributed by atoms with van der Waals surface area (Å²) in [6, 6.07) is 0. The summed E-state index contributed by atoms with van der Waals surface area (Å²) >= 11 is 0. The molecule has 0 aromatic heterocycles. The van der Waals surface area contributed by atoms with Gasteiger partial charge in [-0.3, -0.25) is 0 Å². The maximum atomic E-state index is 8.30. The summed E-state index contributed by atoms with van der Waals surface area (Å²) in [5, 5.41) is 11.2. The molecule has 0 aliphatic rings. The van der Waals surface area contributed by atoms with Gasteiger partial charge in [-0.05, 0) is 24.7 Å². The van der Waals surface area contributed by atoms with Gasteiger partial charge in [0.05, 0.1) is 0 Å². The first-order valence-corrected chi connectivity index (χ1v) is 5.50. The maximum absolute atomic E-state index is 8.30. The van der Waals surface area contributed by atoms with E-state index < -0.39 is 0 Å². The van der Waals surface area contributed by atoms with E-state index in [4.69, 9.17) is 15.7 Å². The molecule has 90 valence electrons. The Bertz CT molecular complexity index is 186. The molecule has 0 aromatic rings. The predicted molar refractivity (Wildman–Crippen MR) is 62.2 cm³/mol. The van der Waals surface area contributed by atoms with Gasteiger partial charge in [-0.15, -0.1) is 0 Å². The van der Waals surface area contributed by atoms with Gasteiger partial charge in [0.1, 0.15) is 5.84 Å². The molecule has 0 atom stereocenters. The van der Waals surface area contributed by atoms with Crippen LogP contribution in [0.5, 0.6) is 0 Å². The molecule has 0 bridgehead atoms. The highest BCUT2D eigenvalue weighted by Gasteiger charge is 2.08. The van der Waals surface area contributed by atoms with E-state index in [1.165, 1.54) is 0 Å². The van der Waals surface area contributed by atoms with E-state index in [9.17, 15) is 0 Å². The van der Waals surface area contributed by atoms with Gasteiger partial charge in [-0.2, -0.15) is 0 Å². The number of ether oxygens (including phenoxy) is 1. The van der Waals surface area contributed by atoms with Crippen LogP contribution in [0.25, 0.3) is 0 Å². The van der Waals surface area contributed by atoms with Gasteiger partial charge >= 0.3 is 0 Å². The third kappa shape index (κ3) is 11.2. The SMILES string of the molecule is CC(C)(C)CCOCCCCC(N)=NO. The number of rotatable bonds is 7. The molecule has 0 heterocycles. The summed E-state index contributed by atoms with van der Waals surface area (Å²) in [4.78, 5) is 0. The number of amidine groups is 1. The molecule has 0 saturated carbocycles. The summed E-state index contributed by atoms with van der Waals surface area (Å²) < 4.78 is 5.48. The predicted octanol–water partition coefficient (Wildman–Crippen LogP) is 2.36. The van der Waals surface area contributed by atoms with Crippen LogP contribution in [-0.4, -0.2) is 24.3 Å². The minimum atomic E-state index is 0.296. The van der Waals surface area contributed by atoms with Crippen LogP contribution in [0.1, 0.15) is 46.5 Å². The lowest BCUT2D eigenvalue weighted by molar-refractivity contribution is 0.105. The van der Waals surface area contributed by atoms with E-state index >= 15 is 0 Å². The van der Waals surface area contributed by atoms with Crippen molar-refractivity contribution in [2.75, 3.05) is 13.2 Å². The van der Waals surface area contributed by atoms with Gasteiger partial charge in [0.25, 0.3) is 0 Å². The van der Waals surface area contributed by atoms with Crippen LogP contribution in [0.3, 0.4) is 0 Å². The van der Waals surface area contributed by atoms with Crippen molar-refractivity contribution < 1.29 is 9.94 Å². The fraction of sp³-hybridized carbons (Fsp3) is 0.909. The highest BCUT2D eigenvalue weighted by molar-refractivity contribution is 5.79. The molecular weight excluding hydrogens is 192 g/mol. The van der Waals surface area contributed by atoms with Crippen LogP contribution >= 0.6 is 0 Å². The molecule has 0 fully saturated rings. The third-order valence-electron chi connectivity index (χ3n) is 2.10. The van der Waals surface area contributed by atoms with Gasteiger partial charge in [-0.1, -0.05) is 25.9 Å². The lowest BCUT2D eigenvalue weighted by atomic mass is 9.93. The fourth-order valence-corrected chi connectivity index (χ4v) is 1.04. The normalized spacial score (nSPS) is 13.1. The monoisotopic (exact) mass is 216 g/mol. The number of nitrogens with zero attached hydrogens (tertiary/aromatic N) is 1. The van der Waals surface area contributed by atoms with Crippen molar-refractivity contribution >= 4 is 5.84 Å². The largest absolute Gasteiger partial charge is 0.409 e. The molecule has 0 saturated heterocycles. The zero-order chi connectivity index (χ0) is 11.7. The summed E-state index contributed by atoms with van der Waals surface area (Å²) in [7, 11) is 0. The second kappa shape index (κ2) is 7.51. The topological polar surface area (TPSA) is 67.8 Å². The van der Waals surface area contributed by atoms with E-state index in [-0.39, 0.29) is 0 Å². The van der Waals surface area contributed by atoms with E-state index in [2.05, 4.69) is 25.9 Å². The lowest BCUT2D eigenvalue weighted by Gasteiger charge is -2.17. The van der Waals surface area contributed by atoms with Gasteiger partial charge in [-0.25, -0.2) is 0 Å². The van der Waals surface area contributed by atoms with Crippen molar-refractivity contribution in [2.24, 2.45) is 16.3 Å². The molecule has 0 amide bonds. The molecule has 0 radical (unpaired) electrons. The Morgan fingerprint density at radius 1 is 1.27 bits per heavy atom. The standard InChI is InChI=1S/C11H24N2O2/c1-11(2,3)7-9-15-8-5-4-6-10(12)13-14/h14H,4-9H2,1-3H3,(H2,12,13). The average Bonchev–Trinajstić information content (AvgIpc) is 2.14. The van der Waals surface area contributed by atoms with Crippen molar-refractivity contribution in [1.82, 2.24) is 0 Å². The molecule has 0 unspecified atom stereocenters. The Balaban J connectivity index is 3.19. The van der Waals surface area contributed by atoms with Crippen molar-refractivity contribution in [1.29, 1.82) is 0 Å². The van der Waals surface area contributed by atoms with Gasteiger partial charge in [0.15, 0.2) is 0 Å². The first kappa shape index (κ1) is 14.2. The minimum absolute atomic E-state index is 0.296. The summed E-state index contributed by atoms with van der Waals surface area (Å²) in [6.07, 6.45) is 3.58. The summed E-state index contributed by atoms with van der Waals surface area (Å²) in [6.45, 7) is 8.18. The quantitative estimate of drug-likeness (QED) is 0.226. The summed E-state index contributed by atoms with van der Waals surface area (Å²) in [5.74, 6) is 0.296. The van der Waals surface area contributed by atoms with Crippen LogP contribution < -0.4 is 5.73 Å². The lowest BCUT2D eigenvalue weighted by Crippen LogP contribution is -2.12. The Hall–Kier alpha value is -0.770. The second-order valence-electron chi connectivity index (χ2n) is 4.97. The maximum Gasteiger partial charge on any atom is 0.139 e. The zero-order valence-electron chi connectivity index (χ0n) is 10.1. The zero-order valence-corrected chi connectivity index (χ0v) is 10.1. The van der Waals surface area contributed by atoms with Crippen LogP contribution in [0.4, 0.5) is 0 Å². The Labute approximate surface area is 92.5 Å². The Morgan fingerprint density at radius 3 is 2.47 bits per heavy atom. The molecule has 0 rings (SSSR count). The van der Waals surface area contributed by atoms with Crippen LogP contribution in [-0.2, 0) is 4.74 Å². The molecular formula is C11H24N2O2. The van der Waals surface area contributed by atoms with Crippen molar-refractivity contribution in [3.05, 3.63) is 0 Å². The molecule has 0 aromatic carbocycles. The van der Waals surface area contributed by atoms with E-state index in [0.29, 0.717) is 17.7 Å². The van der Waals surface area contributed by atoms with Gasteiger partial charge in [0.2, 0.25) is 0 Å². The van der Waals surface area contributed by atoms with Crippen LogP contribution in [0.15, 0.2) is 5.16 Å². The van der Waals surface area contributed by atoms with Gasteiger partial charge < -0.3 is 15.7 Å². The van der Waals surface area contributed by atoms with E-state index in [1.807, 2.05) is 0 Å². The minimum Gasteiger partial charge on any atom is -0.409 e. The van der Waals surface area contributed by atoms with Crippen LogP contribution in [0, 0.1) is 5.41 Å². The number of hydrogen-bond donors (Lipinski definition) is 2. The number of oxime groups is 1. The van der Waals surface area contributed by atoms with Crippen molar-refractivity contribution in [2.45, 2.75) is 46.5 Å². The molecule has 4 nitrogen and oxygen atoms in total. The fourth-order valence-electron chi connectivity index (χ4n) is 1.04. The Kier molecular flexibility index (Phi) is 7.13. The number of nitrogens with two attached hydrogens (primary N) is 1. The molecule has 0 spiro atoms.